The highest BCUT2D eigenvalue weighted by atomic mass is 16.1. The van der Waals surface area contributed by atoms with E-state index in [0.717, 1.165) is 24.8 Å². The second-order valence-corrected chi connectivity index (χ2v) is 13.6. The molecule has 0 radical (unpaired) electrons. The fourth-order valence-electron chi connectivity index (χ4n) is 5.87. The van der Waals surface area contributed by atoms with Crippen molar-refractivity contribution in [3.63, 3.8) is 0 Å². The van der Waals surface area contributed by atoms with Crippen molar-refractivity contribution < 1.29 is 9.59 Å². The van der Waals surface area contributed by atoms with E-state index in [9.17, 15) is 9.59 Å². The minimum Gasteiger partial charge on any atom is -0.370 e. The average molecular weight is 653 g/mol. The van der Waals surface area contributed by atoms with Crippen LogP contribution in [0.25, 0.3) is 0 Å². The second-order valence-electron chi connectivity index (χ2n) is 13.6. The lowest BCUT2D eigenvalue weighted by atomic mass is 10.0. The van der Waals surface area contributed by atoms with Crippen molar-refractivity contribution in [2.45, 2.75) is 207 Å². The number of benzene rings is 1. The minimum absolute atomic E-state index is 0.129. The molecule has 0 aromatic heterocycles. The molecule has 0 spiro atoms. The van der Waals surface area contributed by atoms with Crippen LogP contribution in [-0.2, 0) is 16.0 Å². The molecule has 270 valence electrons. The lowest BCUT2D eigenvalue weighted by Crippen LogP contribution is -2.23. The van der Waals surface area contributed by atoms with E-state index < -0.39 is 0 Å². The molecule has 2 amide bonds. The minimum atomic E-state index is -0.155. The molecular formula is C43H76N2O2. The molecule has 0 saturated carbocycles. The van der Waals surface area contributed by atoms with E-state index in [1.54, 1.807) is 0 Å². The topological polar surface area (TPSA) is 72.2 Å². The summed E-state index contributed by atoms with van der Waals surface area (Å²) in [5.41, 5.74) is 7.41. The molecule has 3 N–H and O–H groups in total. The van der Waals surface area contributed by atoms with Gasteiger partial charge in [0.15, 0.2) is 0 Å². The second kappa shape index (κ2) is 36.6. The van der Waals surface area contributed by atoms with Crippen molar-refractivity contribution in [3.05, 3.63) is 35.4 Å². The molecule has 0 heterocycles. The van der Waals surface area contributed by atoms with Gasteiger partial charge >= 0.3 is 0 Å². The summed E-state index contributed by atoms with van der Waals surface area (Å²) in [6.07, 6.45) is 36.9. The molecule has 0 aliphatic rings. The Morgan fingerprint density at radius 2 is 0.979 bits per heavy atom. The number of unbranched alkanes of at least 4 members (excludes halogenated alkanes) is 24. The van der Waals surface area contributed by atoms with Crippen LogP contribution in [0.4, 0.5) is 0 Å². The van der Waals surface area contributed by atoms with E-state index in [0.29, 0.717) is 19.4 Å². The first kappa shape index (κ1) is 44.7. The van der Waals surface area contributed by atoms with Gasteiger partial charge in [-0.15, -0.1) is 0 Å². The Hall–Kier alpha value is -2.28. The maximum atomic E-state index is 11.9. The van der Waals surface area contributed by atoms with Crippen LogP contribution in [0.3, 0.4) is 0 Å². The van der Waals surface area contributed by atoms with Crippen LogP contribution in [0.5, 0.6) is 0 Å². The summed E-state index contributed by atoms with van der Waals surface area (Å²) in [7, 11) is 0. The van der Waals surface area contributed by atoms with Gasteiger partial charge in [-0.05, 0) is 37.0 Å². The number of hydrogen-bond acceptors (Lipinski definition) is 2. The Labute approximate surface area is 292 Å². The van der Waals surface area contributed by atoms with E-state index in [4.69, 9.17) is 5.73 Å². The van der Waals surface area contributed by atoms with Crippen molar-refractivity contribution in [2.75, 3.05) is 6.54 Å². The van der Waals surface area contributed by atoms with Gasteiger partial charge in [0.05, 0.1) is 6.54 Å². The number of hydrogen-bond donors (Lipinski definition) is 2. The third-order valence-electron chi connectivity index (χ3n) is 8.98. The number of primary amides is 1. The third kappa shape index (κ3) is 34.9. The molecule has 0 fully saturated rings. The normalized spacial score (nSPS) is 10.5. The number of nitrogens with two attached hydrogens (primary N) is 1. The molecule has 0 aliphatic carbocycles. The van der Waals surface area contributed by atoms with Crippen molar-refractivity contribution in [3.8, 4) is 11.8 Å². The van der Waals surface area contributed by atoms with E-state index >= 15 is 0 Å². The summed E-state index contributed by atoms with van der Waals surface area (Å²) in [5.74, 6) is 6.15. The molecule has 0 bridgehead atoms. The predicted molar refractivity (Wildman–Crippen MR) is 206 cm³/mol. The van der Waals surface area contributed by atoms with Crippen LogP contribution in [-0.4, -0.2) is 18.4 Å². The van der Waals surface area contributed by atoms with Crippen molar-refractivity contribution in [1.29, 1.82) is 0 Å². The third-order valence-corrected chi connectivity index (χ3v) is 8.98. The van der Waals surface area contributed by atoms with Gasteiger partial charge in [0, 0.05) is 18.4 Å². The van der Waals surface area contributed by atoms with Gasteiger partial charge in [-0.25, -0.2) is 0 Å². The largest absolute Gasteiger partial charge is 0.370 e. The summed E-state index contributed by atoms with van der Waals surface area (Å²) in [4.78, 5) is 22.4. The number of carbonyl (C=O) groups is 2. The zero-order chi connectivity index (χ0) is 34.5. The van der Waals surface area contributed by atoms with Crippen LogP contribution >= 0.6 is 0 Å². The molecule has 4 nitrogen and oxygen atoms in total. The van der Waals surface area contributed by atoms with Crippen LogP contribution in [0.15, 0.2) is 24.3 Å². The SMILES string of the molecule is CCCCCCCCCCCCCCCC(=O)NCC#Cc1cccc(CC)c1.CCCCCCCCCCCCCCCC(N)=O. The summed E-state index contributed by atoms with van der Waals surface area (Å²) >= 11 is 0. The van der Waals surface area contributed by atoms with E-state index in [1.165, 1.54) is 160 Å². The Balaban J connectivity index is 0.00000101. The fourth-order valence-corrected chi connectivity index (χ4v) is 5.87. The molecule has 1 rings (SSSR count). The molecule has 0 atom stereocenters. The lowest BCUT2D eigenvalue weighted by molar-refractivity contribution is -0.121. The highest BCUT2D eigenvalue weighted by Crippen LogP contribution is 2.14. The Kier molecular flexibility index (Phi) is 34.8. The highest BCUT2D eigenvalue weighted by molar-refractivity contribution is 5.76. The number of nitrogens with one attached hydrogen (secondary N) is 1. The highest BCUT2D eigenvalue weighted by Gasteiger charge is 2.00. The van der Waals surface area contributed by atoms with Crippen molar-refractivity contribution in [1.82, 2.24) is 5.32 Å². The molecule has 47 heavy (non-hydrogen) atoms. The number of amides is 2. The van der Waals surface area contributed by atoms with Gasteiger partial charge < -0.3 is 11.1 Å². The van der Waals surface area contributed by atoms with Crippen LogP contribution < -0.4 is 11.1 Å². The quantitative estimate of drug-likeness (QED) is 0.0641. The lowest BCUT2D eigenvalue weighted by Gasteiger charge is -2.03. The number of aryl methyl sites for hydroxylation is 1. The molecule has 1 aromatic rings. The first-order valence-corrected chi connectivity index (χ1v) is 20.2. The maximum absolute atomic E-state index is 11.9. The van der Waals surface area contributed by atoms with Crippen LogP contribution in [0, 0.1) is 11.8 Å². The maximum Gasteiger partial charge on any atom is 0.220 e. The Morgan fingerprint density at radius 3 is 1.38 bits per heavy atom. The first-order valence-electron chi connectivity index (χ1n) is 20.2. The van der Waals surface area contributed by atoms with Crippen LogP contribution in [0.2, 0.25) is 0 Å². The first-order chi connectivity index (χ1) is 23.0. The zero-order valence-electron chi connectivity index (χ0n) is 31.4. The van der Waals surface area contributed by atoms with Crippen LogP contribution in [0.1, 0.15) is 212 Å². The number of carbonyl (C=O) groups excluding carboxylic acids is 2. The van der Waals surface area contributed by atoms with Gasteiger partial charge in [-0.2, -0.15) is 0 Å². The standard InChI is InChI=1S/C27H43NO.C16H33NO/c1-3-5-6-7-8-9-10-11-12-13-14-15-16-22-27(29)28-23-18-21-26-20-17-19-25(4-2)24-26;1-2-3-4-5-6-7-8-9-10-11-12-13-14-15-16(17)18/h17,19-20,24H,3-16,22-23H2,1-2H3,(H,28,29);2-15H2,1H3,(H2,17,18). The smallest absolute Gasteiger partial charge is 0.220 e. The summed E-state index contributed by atoms with van der Waals surface area (Å²) in [5, 5.41) is 2.91. The Morgan fingerprint density at radius 1 is 0.574 bits per heavy atom. The predicted octanol–water partition coefficient (Wildman–Crippen LogP) is 12.2. The fraction of sp³-hybridized carbons (Fsp3) is 0.767. The molecular weight excluding hydrogens is 576 g/mol. The van der Waals surface area contributed by atoms with Crippen molar-refractivity contribution in [2.24, 2.45) is 5.73 Å². The Bertz CT molecular complexity index is 901. The molecule has 0 aliphatic heterocycles. The van der Waals surface area contributed by atoms with Crippen molar-refractivity contribution >= 4 is 11.8 Å². The summed E-state index contributed by atoms with van der Waals surface area (Å²) in [6, 6.07) is 8.28. The average Bonchev–Trinajstić information content (AvgIpc) is 3.07. The summed E-state index contributed by atoms with van der Waals surface area (Å²) < 4.78 is 0. The van der Waals surface area contributed by atoms with Gasteiger partial charge in [-0.3, -0.25) is 9.59 Å². The molecule has 4 heteroatoms. The molecule has 0 saturated heterocycles. The van der Waals surface area contributed by atoms with E-state index in [2.05, 4.69) is 50.1 Å². The van der Waals surface area contributed by atoms with Gasteiger partial charge in [0.25, 0.3) is 0 Å². The zero-order valence-corrected chi connectivity index (χ0v) is 31.4. The van der Waals surface area contributed by atoms with Gasteiger partial charge in [-0.1, -0.05) is 199 Å². The monoisotopic (exact) mass is 653 g/mol. The summed E-state index contributed by atoms with van der Waals surface area (Å²) in [6.45, 7) is 7.12. The van der Waals surface area contributed by atoms with E-state index in [-0.39, 0.29) is 11.8 Å². The van der Waals surface area contributed by atoms with Gasteiger partial charge in [0.2, 0.25) is 11.8 Å². The molecule has 1 aromatic carbocycles. The van der Waals surface area contributed by atoms with E-state index in [1.807, 2.05) is 12.1 Å². The number of rotatable bonds is 30. The van der Waals surface area contributed by atoms with Gasteiger partial charge in [0.1, 0.15) is 0 Å². The molecule has 0 unspecified atom stereocenters.